The van der Waals surface area contributed by atoms with Gasteiger partial charge in [-0.1, -0.05) is 18.2 Å². The number of carbonyl (C=O) groups excluding carboxylic acids is 1. The number of hydrogen-bond acceptors (Lipinski definition) is 4. The Bertz CT molecular complexity index is 712. The third-order valence-corrected chi connectivity index (χ3v) is 4.25. The molecule has 0 bridgehead atoms. The molecule has 1 aliphatic carbocycles. The van der Waals surface area contributed by atoms with E-state index in [4.69, 9.17) is 4.74 Å². The minimum Gasteiger partial charge on any atom is -0.493 e. The third-order valence-electron chi connectivity index (χ3n) is 4.25. The Labute approximate surface area is 123 Å². The highest BCUT2D eigenvalue weighted by Crippen LogP contribution is 2.31. The van der Waals surface area contributed by atoms with Gasteiger partial charge in [-0.15, -0.1) is 0 Å². The molecule has 1 aliphatic heterocycles. The normalized spacial score (nSPS) is 20.4. The number of aromatic nitrogens is 2. The summed E-state index contributed by atoms with van der Waals surface area (Å²) in [6.45, 7) is 0.601. The highest BCUT2D eigenvalue weighted by Gasteiger charge is 2.26. The summed E-state index contributed by atoms with van der Waals surface area (Å²) in [6.07, 6.45) is 4.99. The average Bonchev–Trinajstić information content (AvgIpc) is 2.54. The molecular formula is C17H16N2O2. The van der Waals surface area contributed by atoms with E-state index in [1.165, 1.54) is 5.56 Å². The van der Waals surface area contributed by atoms with Gasteiger partial charge in [0.05, 0.1) is 23.8 Å². The Hall–Kier alpha value is -2.23. The van der Waals surface area contributed by atoms with E-state index in [1.54, 1.807) is 6.20 Å². The van der Waals surface area contributed by atoms with E-state index in [0.717, 1.165) is 36.5 Å². The van der Waals surface area contributed by atoms with Gasteiger partial charge in [0.2, 0.25) is 0 Å². The lowest BCUT2D eigenvalue weighted by atomic mass is 9.93. The molecule has 1 unspecified atom stereocenters. The third kappa shape index (κ3) is 2.20. The van der Waals surface area contributed by atoms with Crippen molar-refractivity contribution in [3.8, 4) is 5.75 Å². The highest BCUT2D eigenvalue weighted by molar-refractivity contribution is 5.97. The fourth-order valence-corrected chi connectivity index (χ4v) is 3.10. The molecule has 1 atom stereocenters. The molecule has 1 aromatic heterocycles. The van der Waals surface area contributed by atoms with Crippen molar-refractivity contribution in [1.29, 1.82) is 0 Å². The van der Waals surface area contributed by atoms with Gasteiger partial charge in [-0.25, -0.2) is 9.97 Å². The summed E-state index contributed by atoms with van der Waals surface area (Å²) in [5.41, 5.74) is 2.82. The van der Waals surface area contributed by atoms with Gasteiger partial charge >= 0.3 is 0 Å². The van der Waals surface area contributed by atoms with Crippen LogP contribution in [0, 0.1) is 0 Å². The van der Waals surface area contributed by atoms with Crippen molar-refractivity contribution in [1.82, 2.24) is 9.97 Å². The van der Waals surface area contributed by atoms with E-state index in [1.807, 2.05) is 18.2 Å². The number of para-hydroxylation sites is 1. The number of fused-ring (bicyclic) bond motifs is 2. The number of aryl methyl sites for hydroxylation is 1. The first-order valence-corrected chi connectivity index (χ1v) is 7.41. The summed E-state index contributed by atoms with van der Waals surface area (Å²) in [5.74, 6) is 2.11. The molecule has 0 N–H and O–H groups in total. The molecule has 0 amide bonds. The minimum absolute atomic E-state index is 0.169. The summed E-state index contributed by atoms with van der Waals surface area (Å²) in [4.78, 5) is 20.9. The molecule has 2 aliphatic rings. The smallest absolute Gasteiger partial charge is 0.166 e. The van der Waals surface area contributed by atoms with Crippen LogP contribution in [-0.2, 0) is 12.8 Å². The molecule has 2 aromatic rings. The van der Waals surface area contributed by atoms with Crippen LogP contribution in [0.1, 0.15) is 46.2 Å². The highest BCUT2D eigenvalue weighted by atomic mass is 16.5. The molecule has 21 heavy (non-hydrogen) atoms. The van der Waals surface area contributed by atoms with Crippen LogP contribution in [0.4, 0.5) is 0 Å². The molecule has 0 fully saturated rings. The Morgan fingerprint density at radius 2 is 2.10 bits per heavy atom. The second kappa shape index (κ2) is 4.95. The van der Waals surface area contributed by atoms with Crippen LogP contribution in [0.5, 0.6) is 5.75 Å². The van der Waals surface area contributed by atoms with Crippen LogP contribution >= 0.6 is 0 Å². The van der Waals surface area contributed by atoms with E-state index in [2.05, 4.69) is 16.0 Å². The number of ketones is 1. The number of ether oxygens (including phenoxy) is 1. The molecule has 4 rings (SSSR count). The van der Waals surface area contributed by atoms with Crippen LogP contribution in [0.25, 0.3) is 0 Å². The Balaban J connectivity index is 1.65. The Morgan fingerprint density at radius 1 is 1.19 bits per heavy atom. The number of nitrogens with zero attached hydrogens (tertiary/aromatic N) is 2. The summed E-state index contributed by atoms with van der Waals surface area (Å²) in [5, 5.41) is 0. The van der Waals surface area contributed by atoms with Gasteiger partial charge < -0.3 is 4.74 Å². The number of carbonyl (C=O) groups is 1. The standard InChI is InChI=1S/C17H16N2O2/c20-15-6-3-5-14-13(15)9-18-17(19-14)12-8-11-4-1-2-7-16(11)21-10-12/h1-2,4,7,9,12H,3,5-6,8,10H2. The molecule has 106 valence electrons. The van der Waals surface area contributed by atoms with Gasteiger partial charge in [-0.05, 0) is 30.9 Å². The van der Waals surface area contributed by atoms with Gasteiger partial charge in [0, 0.05) is 12.6 Å². The maximum Gasteiger partial charge on any atom is 0.166 e. The van der Waals surface area contributed by atoms with Gasteiger partial charge in [0.25, 0.3) is 0 Å². The fraction of sp³-hybridized carbons (Fsp3) is 0.353. The molecule has 4 heteroatoms. The first-order valence-electron chi connectivity index (χ1n) is 7.41. The van der Waals surface area contributed by atoms with Gasteiger partial charge in [-0.2, -0.15) is 0 Å². The summed E-state index contributed by atoms with van der Waals surface area (Å²) < 4.78 is 5.81. The average molecular weight is 280 g/mol. The zero-order valence-electron chi connectivity index (χ0n) is 11.7. The maximum atomic E-state index is 11.8. The van der Waals surface area contributed by atoms with Crippen LogP contribution in [0.3, 0.4) is 0 Å². The van der Waals surface area contributed by atoms with Crippen molar-refractivity contribution in [2.45, 2.75) is 31.6 Å². The van der Waals surface area contributed by atoms with E-state index in [-0.39, 0.29) is 11.7 Å². The Morgan fingerprint density at radius 3 is 3.05 bits per heavy atom. The molecule has 0 spiro atoms. The van der Waals surface area contributed by atoms with Crippen LogP contribution < -0.4 is 4.74 Å². The van der Waals surface area contributed by atoms with Crippen molar-refractivity contribution >= 4 is 5.78 Å². The molecule has 4 nitrogen and oxygen atoms in total. The van der Waals surface area contributed by atoms with Crippen LogP contribution in [0.15, 0.2) is 30.5 Å². The second-order valence-corrected chi connectivity index (χ2v) is 5.69. The topological polar surface area (TPSA) is 52.1 Å². The summed E-state index contributed by atoms with van der Waals surface area (Å²) >= 11 is 0. The van der Waals surface area contributed by atoms with Crippen molar-refractivity contribution < 1.29 is 9.53 Å². The van der Waals surface area contributed by atoms with Crippen molar-refractivity contribution in [3.63, 3.8) is 0 Å². The van der Waals surface area contributed by atoms with Crippen molar-refractivity contribution in [2.24, 2.45) is 0 Å². The van der Waals surface area contributed by atoms with E-state index in [9.17, 15) is 4.79 Å². The predicted octanol–water partition coefficient (Wildman–Crippen LogP) is 2.71. The molecule has 0 saturated heterocycles. The summed E-state index contributed by atoms with van der Waals surface area (Å²) in [6, 6.07) is 8.10. The fourth-order valence-electron chi connectivity index (χ4n) is 3.10. The summed E-state index contributed by atoms with van der Waals surface area (Å²) in [7, 11) is 0. The van der Waals surface area contributed by atoms with Crippen molar-refractivity contribution in [3.05, 3.63) is 53.1 Å². The van der Waals surface area contributed by atoms with Gasteiger partial charge in [0.1, 0.15) is 11.6 Å². The SMILES string of the molecule is O=C1CCCc2nc(C3COc4ccccc4C3)ncc21. The first-order chi connectivity index (χ1) is 10.3. The van der Waals surface area contributed by atoms with Gasteiger partial charge in [0.15, 0.2) is 5.78 Å². The minimum atomic E-state index is 0.169. The monoisotopic (exact) mass is 280 g/mol. The molecule has 0 radical (unpaired) electrons. The predicted molar refractivity (Wildman–Crippen MR) is 77.7 cm³/mol. The zero-order chi connectivity index (χ0) is 14.2. The Kier molecular flexibility index (Phi) is 2.95. The lowest BCUT2D eigenvalue weighted by molar-refractivity contribution is 0.0971. The molecular weight excluding hydrogens is 264 g/mol. The van der Waals surface area contributed by atoms with Crippen LogP contribution in [-0.4, -0.2) is 22.4 Å². The first kappa shape index (κ1) is 12.5. The van der Waals surface area contributed by atoms with Gasteiger partial charge in [-0.3, -0.25) is 4.79 Å². The zero-order valence-corrected chi connectivity index (χ0v) is 11.7. The van der Waals surface area contributed by atoms with E-state index in [0.29, 0.717) is 18.6 Å². The maximum absolute atomic E-state index is 11.8. The molecule has 1 aromatic carbocycles. The lowest BCUT2D eigenvalue weighted by Crippen LogP contribution is -2.23. The quantitative estimate of drug-likeness (QED) is 0.806. The number of hydrogen-bond donors (Lipinski definition) is 0. The van der Waals surface area contributed by atoms with Crippen molar-refractivity contribution in [2.75, 3.05) is 6.61 Å². The molecule has 0 saturated carbocycles. The van der Waals surface area contributed by atoms with E-state index >= 15 is 0 Å². The lowest BCUT2D eigenvalue weighted by Gasteiger charge is -2.25. The molecule has 2 heterocycles. The largest absolute Gasteiger partial charge is 0.493 e. The number of benzene rings is 1. The number of rotatable bonds is 1. The number of Topliss-reactive ketones (excluding diaryl/α,β-unsaturated/α-hetero) is 1. The second-order valence-electron chi connectivity index (χ2n) is 5.69. The van der Waals surface area contributed by atoms with Crippen LogP contribution in [0.2, 0.25) is 0 Å². The van der Waals surface area contributed by atoms with E-state index < -0.39 is 0 Å².